The van der Waals surface area contributed by atoms with E-state index >= 15 is 0 Å². The topological polar surface area (TPSA) is 60.3 Å². The van der Waals surface area contributed by atoms with E-state index in [9.17, 15) is 4.79 Å². The van der Waals surface area contributed by atoms with E-state index in [1.807, 2.05) is 26.2 Å². The van der Waals surface area contributed by atoms with Crippen LogP contribution in [0.4, 0.5) is 0 Å². The van der Waals surface area contributed by atoms with Gasteiger partial charge in [-0.25, -0.2) is 0 Å². The van der Waals surface area contributed by atoms with Gasteiger partial charge in [-0.15, -0.1) is 0 Å². The Morgan fingerprint density at radius 3 is 2.81 bits per heavy atom. The largest absolute Gasteiger partial charge is 0.383 e. The molecule has 0 fully saturated rings. The van der Waals surface area contributed by atoms with E-state index in [4.69, 9.17) is 4.74 Å². The Hall–Kier alpha value is -2.99. The summed E-state index contributed by atoms with van der Waals surface area (Å²) >= 11 is 0. The van der Waals surface area contributed by atoms with Crippen molar-refractivity contribution in [1.82, 2.24) is 19.7 Å². The molecule has 0 saturated heterocycles. The normalized spacial score (nSPS) is 13.3. The summed E-state index contributed by atoms with van der Waals surface area (Å²) in [5.74, 6) is -0.0588. The SMILES string of the molecule is COCCn1cc2c(n1)C(=O)N(C)Cc1ccc(-c3cccnc3C)cc1-2. The second kappa shape index (κ2) is 6.96. The minimum Gasteiger partial charge on any atom is -0.383 e. The summed E-state index contributed by atoms with van der Waals surface area (Å²) in [6.45, 7) is 3.73. The molecule has 1 amide bonds. The van der Waals surface area contributed by atoms with Crippen molar-refractivity contribution in [2.24, 2.45) is 0 Å². The lowest BCUT2D eigenvalue weighted by Crippen LogP contribution is -2.25. The average Bonchev–Trinajstić information content (AvgIpc) is 3.07. The second-order valence-corrected chi connectivity index (χ2v) is 6.82. The van der Waals surface area contributed by atoms with Crippen molar-refractivity contribution in [2.75, 3.05) is 20.8 Å². The fourth-order valence-electron chi connectivity index (χ4n) is 3.51. The minimum atomic E-state index is -0.0588. The number of benzene rings is 1. The molecule has 1 aliphatic heterocycles. The molecule has 0 saturated carbocycles. The lowest BCUT2D eigenvalue weighted by molar-refractivity contribution is 0.0781. The van der Waals surface area contributed by atoms with E-state index < -0.39 is 0 Å². The summed E-state index contributed by atoms with van der Waals surface area (Å²) < 4.78 is 6.94. The van der Waals surface area contributed by atoms with Crippen molar-refractivity contribution in [1.29, 1.82) is 0 Å². The number of methoxy groups -OCH3 is 1. The zero-order valence-electron chi connectivity index (χ0n) is 15.8. The molecule has 3 heterocycles. The molecule has 0 atom stereocenters. The van der Waals surface area contributed by atoms with Crippen molar-refractivity contribution < 1.29 is 9.53 Å². The molecule has 0 aliphatic carbocycles. The van der Waals surface area contributed by atoms with Gasteiger partial charge in [-0.3, -0.25) is 14.5 Å². The highest BCUT2D eigenvalue weighted by atomic mass is 16.5. The molecule has 6 heteroatoms. The van der Waals surface area contributed by atoms with Crippen molar-refractivity contribution in [3.05, 3.63) is 59.7 Å². The van der Waals surface area contributed by atoms with E-state index in [1.54, 1.807) is 22.9 Å². The van der Waals surface area contributed by atoms with Gasteiger partial charge in [0.25, 0.3) is 5.91 Å². The molecule has 0 N–H and O–H groups in total. The van der Waals surface area contributed by atoms with Gasteiger partial charge in [0.15, 0.2) is 5.69 Å². The fourth-order valence-corrected chi connectivity index (χ4v) is 3.51. The number of nitrogens with zero attached hydrogens (tertiary/aromatic N) is 4. The Labute approximate surface area is 158 Å². The number of carbonyl (C=O) groups excluding carboxylic acids is 1. The Kier molecular flexibility index (Phi) is 4.49. The maximum absolute atomic E-state index is 12.8. The molecule has 6 nitrogen and oxygen atoms in total. The molecule has 0 spiro atoms. The third kappa shape index (κ3) is 3.13. The molecule has 27 heavy (non-hydrogen) atoms. The van der Waals surface area contributed by atoms with Crippen molar-refractivity contribution in [2.45, 2.75) is 20.0 Å². The standard InChI is InChI=1S/C21H22N4O2/c1-14-17(5-4-8-22-14)15-6-7-16-12-24(2)21(26)20-19(18(16)11-15)13-25(23-20)9-10-27-3/h4-8,11,13H,9-10,12H2,1-3H3. The number of fused-ring (bicyclic) bond motifs is 3. The first kappa shape index (κ1) is 17.4. The highest BCUT2D eigenvalue weighted by Gasteiger charge is 2.27. The van der Waals surface area contributed by atoms with Crippen LogP contribution in [0.15, 0.2) is 42.7 Å². The van der Waals surface area contributed by atoms with Crippen LogP contribution in [-0.4, -0.2) is 46.3 Å². The predicted octanol–water partition coefficient (Wildman–Crippen LogP) is 3.15. The number of ether oxygens (including phenoxy) is 1. The number of aromatic nitrogens is 3. The Bertz CT molecular complexity index is 1010. The van der Waals surface area contributed by atoms with Crippen molar-refractivity contribution >= 4 is 5.91 Å². The predicted molar refractivity (Wildman–Crippen MR) is 103 cm³/mol. The Morgan fingerprint density at radius 1 is 1.19 bits per heavy atom. The lowest BCUT2D eigenvalue weighted by atomic mass is 9.95. The first-order chi connectivity index (χ1) is 13.1. The molecule has 4 rings (SSSR count). The zero-order chi connectivity index (χ0) is 19.0. The molecule has 2 aromatic heterocycles. The van der Waals surface area contributed by atoms with Crippen LogP contribution in [0.2, 0.25) is 0 Å². The smallest absolute Gasteiger partial charge is 0.275 e. The van der Waals surface area contributed by atoms with Crippen molar-refractivity contribution in [3.8, 4) is 22.3 Å². The monoisotopic (exact) mass is 362 g/mol. The van der Waals surface area contributed by atoms with E-state index in [0.29, 0.717) is 25.4 Å². The van der Waals surface area contributed by atoms with Gasteiger partial charge >= 0.3 is 0 Å². The van der Waals surface area contributed by atoms with Crippen molar-refractivity contribution in [3.63, 3.8) is 0 Å². The van der Waals surface area contributed by atoms with Crippen LogP contribution in [-0.2, 0) is 17.8 Å². The molecule has 138 valence electrons. The third-order valence-corrected chi connectivity index (χ3v) is 4.96. The molecular weight excluding hydrogens is 340 g/mol. The van der Waals surface area contributed by atoms with Crippen LogP contribution in [0.25, 0.3) is 22.3 Å². The van der Waals surface area contributed by atoms with Crippen LogP contribution in [0.3, 0.4) is 0 Å². The van der Waals surface area contributed by atoms with Crippen LogP contribution >= 0.6 is 0 Å². The van der Waals surface area contributed by atoms with Gasteiger partial charge in [0, 0.05) is 49.9 Å². The van der Waals surface area contributed by atoms with Gasteiger partial charge in [0.05, 0.1) is 13.2 Å². The van der Waals surface area contributed by atoms with Gasteiger partial charge < -0.3 is 9.64 Å². The maximum atomic E-state index is 12.8. The van der Waals surface area contributed by atoms with Gasteiger partial charge in [0.1, 0.15) is 0 Å². The number of carbonyl (C=O) groups is 1. The minimum absolute atomic E-state index is 0.0588. The number of rotatable bonds is 4. The van der Waals surface area contributed by atoms with E-state index in [2.05, 4.69) is 34.3 Å². The number of hydrogen-bond donors (Lipinski definition) is 0. The highest BCUT2D eigenvalue weighted by Crippen LogP contribution is 2.35. The first-order valence-corrected chi connectivity index (χ1v) is 8.95. The van der Waals surface area contributed by atoms with Gasteiger partial charge in [-0.05, 0) is 35.7 Å². The molecular formula is C21H22N4O2. The summed E-state index contributed by atoms with van der Waals surface area (Å²) in [4.78, 5) is 18.9. The third-order valence-electron chi connectivity index (χ3n) is 4.96. The van der Waals surface area contributed by atoms with E-state index in [-0.39, 0.29) is 5.91 Å². The average molecular weight is 362 g/mol. The molecule has 1 aromatic carbocycles. The Morgan fingerprint density at radius 2 is 2.04 bits per heavy atom. The first-order valence-electron chi connectivity index (χ1n) is 8.95. The molecule has 3 aromatic rings. The van der Waals surface area contributed by atoms with Crippen LogP contribution in [0.5, 0.6) is 0 Å². The second-order valence-electron chi connectivity index (χ2n) is 6.82. The quantitative estimate of drug-likeness (QED) is 0.715. The van der Waals surface area contributed by atoms with Crippen LogP contribution < -0.4 is 0 Å². The number of amides is 1. The van der Waals surface area contributed by atoms with Crippen LogP contribution in [0, 0.1) is 6.92 Å². The summed E-state index contributed by atoms with van der Waals surface area (Å²) in [7, 11) is 3.47. The summed E-state index contributed by atoms with van der Waals surface area (Å²) in [5, 5.41) is 4.53. The maximum Gasteiger partial charge on any atom is 0.275 e. The summed E-state index contributed by atoms with van der Waals surface area (Å²) in [5.41, 5.74) is 6.69. The zero-order valence-corrected chi connectivity index (χ0v) is 15.8. The molecule has 1 aliphatic rings. The van der Waals surface area contributed by atoms with E-state index in [1.165, 1.54) is 0 Å². The molecule has 0 unspecified atom stereocenters. The number of pyridine rings is 1. The lowest BCUT2D eigenvalue weighted by Gasteiger charge is -2.15. The Balaban J connectivity index is 1.87. The van der Waals surface area contributed by atoms with Gasteiger partial charge in [-0.2, -0.15) is 5.10 Å². The van der Waals surface area contributed by atoms with Gasteiger partial charge in [-0.1, -0.05) is 18.2 Å². The van der Waals surface area contributed by atoms with Crippen LogP contribution in [0.1, 0.15) is 21.7 Å². The highest BCUT2D eigenvalue weighted by molar-refractivity contribution is 6.00. The number of aryl methyl sites for hydroxylation is 1. The summed E-state index contributed by atoms with van der Waals surface area (Å²) in [6.07, 6.45) is 3.75. The van der Waals surface area contributed by atoms with Gasteiger partial charge in [0.2, 0.25) is 0 Å². The van der Waals surface area contributed by atoms with E-state index in [0.717, 1.165) is 33.5 Å². The molecule has 0 radical (unpaired) electrons. The molecule has 0 bridgehead atoms. The number of hydrogen-bond acceptors (Lipinski definition) is 4. The fraction of sp³-hybridized carbons (Fsp3) is 0.286. The summed E-state index contributed by atoms with van der Waals surface area (Å²) in [6, 6.07) is 10.4.